The van der Waals surface area contributed by atoms with Gasteiger partial charge < -0.3 is 31.8 Å². The number of rotatable bonds is 13. The lowest BCUT2D eigenvalue weighted by Crippen LogP contribution is -2.71. The number of β-lactam (4-membered cyclic amide) rings is 1. The van der Waals surface area contributed by atoms with E-state index in [0.29, 0.717) is 30.2 Å². The summed E-state index contributed by atoms with van der Waals surface area (Å²) in [6, 6.07) is -1.10. The van der Waals surface area contributed by atoms with Crippen LogP contribution in [0.2, 0.25) is 0 Å². The number of carbonyl (C=O) groups is 4. The molecule has 0 saturated carbocycles. The second kappa shape index (κ2) is 12.4. The summed E-state index contributed by atoms with van der Waals surface area (Å²) in [5.74, 6) is -3.97. The summed E-state index contributed by atoms with van der Waals surface area (Å²) in [5, 5.41) is 36.7. The van der Waals surface area contributed by atoms with Crippen LogP contribution in [0.4, 0.5) is 5.13 Å². The summed E-state index contributed by atoms with van der Waals surface area (Å²) in [7, 11) is 0. The first-order chi connectivity index (χ1) is 19.4. The van der Waals surface area contributed by atoms with Crippen molar-refractivity contribution in [1.29, 1.82) is 0 Å². The van der Waals surface area contributed by atoms with Gasteiger partial charge >= 0.3 is 11.9 Å². The van der Waals surface area contributed by atoms with Gasteiger partial charge in [0.25, 0.3) is 11.8 Å². The van der Waals surface area contributed by atoms with Gasteiger partial charge in [-0.05, 0) is 42.8 Å². The molecule has 7 N–H and O–H groups in total. The molecule has 2 atom stereocenters. The molecule has 0 aromatic carbocycles. The minimum Gasteiger partial charge on any atom is -0.478 e. The summed E-state index contributed by atoms with van der Waals surface area (Å²) < 4.78 is 5.49. The zero-order valence-electron chi connectivity index (χ0n) is 21.6. The second-order valence-electron chi connectivity index (χ2n) is 9.04. The minimum absolute atomic E-state index is 0.0155. The summed E-state index contributed by atoms with van der Waals surface area (Å²) in [6.07, 6.45) is 0.663. The highest BCUT2D eigenvalue weighted by atomic mass is 32.2. The number of nitrogen functional groups attached to an aromatic ring is 1. The first kappa shape index (κ1) is 30.1. The molecular formula is C20H25N11O7S3. The van der Waals surface area contributed by atoms with Crippen LogP contribution in [-0.4, -0.2) is 109 Å². The highest BCUT2D eigenvalue weighted by Gasteiger charge is 2.54. The molecule has 41 heavy (non-hydrogen) atoms. The van der Waals surface area contributed by atoms with Crippen molar-refractivity contribution in [3.05, 3.63) is 17.1 Å². The Kier molecular flexibility index (Phi) is 9.09. The van der Waals surface area contributed by atoms with Crippen LogP contribution in [0.15, 0.2) is 21.6 Å². The number of hydrogen-bond acceptors (Lipinski definition) is 16. The second-order valence-corrected chi connectivity index (χ2v) is 11.9. The number of nitrogens with two attached hydrogens (primary N) is 2. The van der Waals surface area contributed by atoms with Crippen LogP contribution in [0.25, 0.3) is 0 Å². The third-order valence-corrected chi connectivity index (χ3v) is 8.66. The van der Waals surface area contributed by atoms with E-state index in [4.69, 9.17) is 16.3 Å². The molecule has 2 amide bonds. The summed E-state index contributed by atoms with van der Waals surface area (Å²) in [6.45, 7) is 3.41. The molecule has 0 bridgehead atoms. The number of carboxylic acids is 2. The molecule has 1 saturated heterocycles. The standard InChI is InChI=1S/C20H25N11O7S3/c1-20(2,17(36)37)38-26-9(12-24-18(22)41-27-12)13(32)23-10-14(33)31-11(16(34)35)8(6-39-15(10)31)7-40-19-25-28-29-30(19)5-3-4-21/h10,15H,3-7,21H2,1-2H3,(H,23,32)(H,34,35)(H,36,37)(H2,22,24,27)/t10?,15-/m0/s1. The number of carbonyl (C=O) groups excluding carboxylic acids is 2. The molecule has 2 aromatic heterocycles. The van der Waals surface area contributed by atoms with E-state index in [2.05, 4.69) is 35.4 Å². The molecule has 0 spiro atoms. The van der Waals surface area contributed by atoms with Crippen molar-refractivity contribution in [2.24, 2.45) is 10.9 Å². The SMILES string of the molecule is CC(C)(ON=C(C(=O)NC1C(=O)N2C(C(=O)O)=C(CSc3nnnn3CCCN)CS[C@@H]12)c1nsc(N)n1)C(=O)O. The number of aliphatic carboxylic acids is 2. The average Bonchev–Trinajstić information content (AvgIpc) is 3.56. The average molecular weight is 628 g/mol. The normalized spacial score (nSPS) is 19.0. The van der Waals surface area contributed by atoms with Crippen molar-refractivity contribution in [3.8, 4) is 0 Å². The summed E-state index contributed by atoms with van der Waals surface area (Å²) in [4.78, 5) is 59.9. The number of aryl methyl sites for hydroxylation is 1. The van der Waals surface area contributed by atoms with Crippen LogP contribution >= 0.6 is 35.1 Å². The molecule has 18 nitrogen and oxygen atoms in total. The Bertz CT molecular complexity index is 1420. The number of aromatic nitrogens is 6. The predicted molar refractivity (Wildman–Crippen MR) is 146 cm³/mol. The summed E-state index contributed by atoms with van der Waals surface area (Å²) in [5.41, 5.74) is 9.18. The Morgan fingerprint density at radius 2 is 2.07 bits per heavy atom. The fourth-order valence-electron chi connectivity index (χ4n) is 3.55. The van der Waals surface area contributed by atoms with Crippen LogP contribution in [0.1, 0.15) is 26.1 Å². The number of fused-ring (bicyclic) bond motifs is 1. The van der Waals surface area contributed by atoms with Gasteiger partial charge in [0.05, 0.1) is 0 Å². The number of oxime groups is 1. The zero-order valence-corrected chi connectivity index (χ0v) is 24.0. The first-order valence-electron chi connectivity index (χ1n) is 11.8. The molecule has 4 heterocycles. The van der Waals surface area contributed by atoms with Crippen LogP contribution in [0, 0.1) is 0 Å². The molecule has 21 heteroatoms. The maximum Gasteiger partial charge on any atom is 0.352 e. The number of hydrogen-bond donors (Lipinski definition) is 5. The first-order valence-corrected chi connectivity index (χ1v) is 14.6. The van der Waals surface area contributed by atoms with Gasteiger partial charge in [0, 0.05) is 29.6 Å². The van der Waals surface area contributed by atoms with E-state index in [1.807, 2.05) is 0 Å². The van der Waals surface area contributed by atoms with Crippen molar-refractivity contribution in [2.75, 3.05) is 23.8 Å². The van der Waals surface area contributed by atoms with Crippen molar-refractivity contribution in [1.82, 2.24) is 39.8 Å². The van der Waals surface area contributed by atoms with Crippen LogP contribution < -0.4 is 16.8 Å². The van der Waals surface area contributed by atoms with Crippen molar-refractivity contribution >= 4 is 69.7 Å². The molecule has 220 valence electrons. The van der Waals surface area contributed by atoms with E-state index < -0.39 is 46.5 Å². The van der Waals surface area contributed by atoms with Crippen LogP contribution in [0.5, 0.6) is 0 Å². The maximum absolute atomic E-state index is 13.2. The molecule has 2 aliphatic rings. The number of nitrogens with zero attached hydrogens (tertiary/aromatic N) is 8. The lowest BCUT2D eigenvalue weighted by Gasteiger charge is -2.49. The Morgan fingerprint density at radius 3 is 2.71 bits per heavy atom. The molecule has 1 unspecified atom stereocenters. The summed E-state index contributed by atoms with van der Waals surface area (Å²) >= 11 is 3.27. The van der Waals surface area contributed by atoms with E-state index in [1.165, 1.54) is 37.4 Å². The smallest absolute Gasteiger partial charge is 0.352 e. The highest BCUT2D eigenvalue weighted by Crippen LogP contribution is 2.41. The van der Waals surface area contributed by atoms with Crippen molar-refractivity contribution < 1.29 is 34.2 Å². The fourth-order valence-corrected chi connectivity index (χ4v) is 6.37. The van der Waals surface area contributed by atoms with Gasteiger partial charge in [0.15, 0.2) is 5.13 Å². The largest absolute Gasteiger partial charge is 0.478 e. The quantitative estimate of drug-likeness (QED) is 0.0737. The minimum atomic E-state index is -1.79. The lowest BCUT2D eigenvalue weighted by molar-refractivity contribution is -0.161. The van der Waals surface area contributed by atoms with Crippen molar-refractivity contribution in [2.45, 2.75) is 49.0 Å². The highest BCUT2D eigenvalue weighted by molar-refractivity contribution is 8.01. The third kappa shape index (κ3) is 6.41. The van der Waals surface area contributed by atoms with Gasteiger partial charge in [-0.1, -0.05) is 16.9 Å². The molecule has 0 radical (unpaired) electrons. The van der Waals surface area contributed by atoms with Gasteiger partial charge in [-0.3, -0.25) is 14.5 Å². The number of anilines is 1. The Balaban J connectivity index is 1.50. The predicted octanol–water partition coefficient (Wildman–Crippen LogP) is -1.43. The molecule has 0 aliphatic carbocycles. The molecule has 2 aromatic rings. The topological polar surface area (TPSA) is 267 Å². The zero-order chi connectivity index (χ0) is 29.9. The van der Waals surface area contributed by atoms with Gasteiger partial charge in [-0.2, -0.15) is 9.36 Å². The van der Waals surface area contributed by atoms with Crippen LogP contribution in [0.3, 0.4) is 0 Å². The van der Waals surface area contributed by atoms with E-state index in [9.17, 15) is 29.4 Å². The van der Waals surface area contributed by atoms with E-state index in [1.54, 1.807) is 4.68 Å². The maximum atomic E-state index is 13.2. The molecular weight excluding hydrogens is 602 g/mol. The van der Waals surface area contributed by atoms with Gasteiger partial charge in [-0.25, -0.2) is 14.3 Å². The van der Waals surface area contributed by atoms with Gasteiger partial charge in [0.2, 0.25) is 22.3 Å². The van der Waals surface area contributed by atoms with E-state index in [-0.39, 0.29) is 28.2 Å². The third-order valence-electron chi connectivity index (χ3n) is 5.73. The van der Waals surface area contributed by atoms with E-state index >= 15 is 0 Å². The van der Waals surface area contributed by atoms with Crippen LogP contribution in [-0.2, 0) is 30.6 Å². The number of tetrazole rings is 1. The number of carboxylic acid groups (broad SMARTS) is 2. The number of amides is 2. The van der Waals surface area contributed by atoms with Gasteiger partial charge in [-0.15, -0.1) is 16.9 Å². The molecule has 4 rings (SSSR count). The molecule has 1 fully saturated rings. The lowest BCUT2D eigenvalue weighted by atomic mass is 10.0. The van der Waals surface area contributed by atoms with Crippen molar-refractivity contribution in [3.63, 3.8) is 0 Å². The Labute approximate surface area is 244 Å². The fraction of sp³-hybridized carbons (Fsp3) is 0.500. The van der Waals surface area contributed by atoms with Gasteiger partial charge in [0.1, 0.15) is 17.1 Å². The Morgan fingerprint density at radius 1 is 1.32 bits per heavy atom. The molecule has 2 aliphatic heterocycles. The Hall–Kier alpha value is -3.82. The monoisotopic (exact) mass is 627 g/mol. The number of nitrogens with one attached hydrogen (secondary N) is 1. The van der Waals surface area contributed by atoms with E-state index in [0.717, 1.165) is 16.4 Å². The number of thioether (sulfide) groups is 2.